The predicted molar refractivity (Wildman–Crippen MR) is 79.9 cm³/mol. The Labute approximate surface area is 116 Å². The number of hydrogen-bond acceptors (Lipinski definition) is 3. The number of hydrogen-bond donors (Lipinski definition) is 0. The molecule has 0 aliphatic carbocycles. The van der Waals surface area contributed by atoms with Gasteiger partial charge in [0.2, 0.25) is 5.91 Å². The molecule has 1 saturated heterocycles. The number of aliphatic imine (C=N–C) groups is 1. The van der Waals surface area contributed by atoms with Crippen molar-refractivity contribution in [1.29, 1.82) is 0 Å². The van der Waals surface area contributed by atoms with Crippen LogP contribution in [0.5, 0.6) is 0 Å². The maximum absolute atomic E-state index is 12.3. The van der Waals surface area contributed by atoms with Gasteiger partial charge in [-0.1, -0.05) is 27.0 Å². The zero-order valence-corrected chi connectivity index (χ0v) is 12.4. The second-order valence-electron chi connectivity index (χ2n) is 4.76. The van der Waals surface area contributed by atoms with Crippen molar-refractivity contribution in [2.45, 2.75) is 46.1 Å². The number of amides is 1. The molecule has 0 aromatic carbocycles. The van der Waals surface area contributed by atoms with Crippen LogP contribution in [-0.4, -0.2) is 40.8 Å². The van der Waals surface area contributed by atoms with Gasteiger partial charge in [0.25, 0.3) is 0 Å². The number of piperidine rings is 1. The minimum absolute atomic E-state index is 0.00310. The first-order chi connectivity index (χ1) is 9.06. The van der Waals surface area contributed by atoms with E-state index in [2.05, 4.69) is 37.0 Å². The van der Waals surface area contributed by atoms with Crippen LogP contribution < -0.4 is 0 Å². The molecule has 1 fully saturated rings. The summed E-state index contributed by atoms with van der Waals surface area (Å²) in [5, 5.41) is 3.95. The molecular weight excluding hydrogens is 238 g/mol. The first-order valence-corrected chi connectivity index (χ1v) is 6.98. The molecule has 0 N–H and O–H groups in total. The van der Waals surface area contributed by atoms with E-state index in [0.29, 0.717) is 6.42 Å². The van der Waals surface area contributed by atoms with Crippen molar-refractivity contribution in [3.8, 4) is 0 Å². The van der Waals surface area contributed by atoms with Gasteiger partial charge in [0.15, 0.2) is 0 Å². The second kappa shape index (κ2) is 7.24. The Morgan fingerprint density at radius 3 is 2.63 bits per heavy atom. The van der Waals surface area contributed by atoms with E-state index in [1.54, 1.807) is 0 Å². The van der Waals surface area contributed by atoms with Crippen molar-refractivity contribution in [2.24, 2.45) is 4.99 Å². The highest BCUT2D eigenvalue weighted by Gasteiger charge is 2.34. The van der Waals surface area contributed by atoms with Crippen molar-refractivity contribution < 1.29 is 4.79 Å². The van der Waals surface area contributed by atoms with Gasteiger partial charge >= 0.3 is 0 Å². The van der Waals surface area contributed by atoms with E-state index in [1.807, 2.05) is 11.9 Å². The molecule has 19 heavy (non-hydrogen) atoms. The summed E-state index contributed by atoms with van der Waals surface area (Å²) in [4.78, 5) is 16.6. The van der Waals surface area contributed by atoms with Gasteiger partial charge in [-0.25, -0.2) is 5.01 Å². The standard InChI is InChI=1S/C15H25N3O/c1-6-16-15(12(4)5)13-10-9-11-14(19)18(13)17(7-2)8-3/h6,13H,1,4,7-11H2,2-3,5H3. The highest BCUT2D eigenvalue weighted by atomic mass is 16.2. The predicted octanol–water partition coefficient (Wildman–Crippen LogP) is 2.78. The molecule has 1 aliphatic rings. The Morgan fingerprint density at radius 2 is 2.16 bits per heavy atom. The van der Waals surface area contributed by atoms with Gasteiger partial charge < -0.3 is 0 Å². The summed E-state index contributed by atoms with van der Waals surface area (Å²) in [6.07, 6.45) is 3.99. The van der Waals surface area contributed by atoms with Crippen LogP contribution in [0.2, 0.25) is 0 Å². The van der Waals surface area contributed by atoms with E-state index in [1.165, 1.54) is 6.20 Å². The van der Waals surface area contributed by atoms with Crippen molar-refractivity contribution in [3.05, 3.63) is 24.9 Å². The van der Waals surface area contributed by atoms with Crippen LogP contribution >= 0.6 is 0 Å². The van der Waals surface area contributed by atoms with Crippen LogP contribution in [0.25, 0.3) is 0 Å². The van der Waals surface area contributed by atoms with Crippen LogP contribution in [-0.2, 0) is 4.79 Å². The lowest BCUT2D eigenvalue weighted by Gasteiger charge is -2.42. The molecular formula is C15H25N3O. The van der Waals surface area contributed by atoms with Crippen LogP contribution in [0.1, 0.15) is 40.0 Å². The summed E-state index contributed by atoms with van der Waals surface area (Å²) in [5.41, 5.74) is 1.77. The molecule has 1 rings (SSSR count). The lowest BCUT2D eigenvalue weighted by molar-refractivity contribution is -0.155. The van der Waals surface area contributed by atoms with Crippen LogP contribution in [0.4, 0.5) is 0 Å². The average Bonchev–Trinajstić information content (AvgIpc) is 2.39. The number of hydrazine groups is 1. The molecule has 0 aromatic rings. The van der Waals surface area contributed by atoms with E-state index >= 15 is 0 Å². The number of nitrogens with zero attached hydrogens (tertiary/aromatic N) is 3. The molecule has 1 atom stereocenters. The highest BCUT2D eigenvalue weighted by molar-refractivity contribution is 6.05. The fourth-order valence-corrected chi connectivity index (χ4v) is 2.57. The maximum atomic E-state index is 12.3. The molecule has 0 saturated carbocycles. The monoisotopic (exact) mass is 263 g/mol. The minimum Gasteiger partial charge on any atom is -0.273 e. The largest absolute Gasteiger partial charge is 0.273 e. The molecule has 4 heteroatoms. The number of carbonyl (C=O) groups is 1. The molecule has 1 heterocycles. The van der Waals surface area contributed by atoms with E-state index in [4.69, 9.17) is 0 Å². The lowest BCUT2D eigenvalue weighted by atomic mass is 9.95. The molecule has 106 valence electrons. The van der Waals surface area contributed by atoms with E-state index in [0.717, 1.165) is 37.2 Å². The summed E-state index contributed by atoms with van der Waals surface area (Å²) in [5.74, 6) is 0.179. The van der Waals surface area contributed by atoms with Gasteiger partial charge in [-0.3, -0.25) is 14.8 Å². The van der Waals surface area contributed by atoms with Crippen molar-refractivity contribution >= 4 is 11.6 Å². The molecule has 4 nitrogen and oxygen atoms in total. The zero-order valence-electron chi connectivity index (χ0n) is 12.4. The Morgan fingerprint density at radius 1 is 1.53 bits per heavy atom. The summed E-state index contributed by atoms with van der Waals surface area (Å²) in [6, 6.07) is -0.00310. The van der Waals surface area contributed by atoms with Gasteiger partial charge in [0, 0.05) is 25.7 Å². The summed E-state index contributed by atoms with van der Waals surface area (Å²) in [7, 11) is 0. The number of carbonyl (C=O) groups excluding carboxylic acids is 1. The fraction of sp³-hybridized carbons (Fsp3) is 0.600. The third kappa shape index (κ3) is 3.53. The molecule has 1 amide bonds. The average molecular weight is 263 g/mol. The normalized spacial score (nSPS) is 20.8. The van der Waals surface area contributed by atoms with Crippen LogP contribution in [0.15, 0.2) is 29.9 Å². The molecule has 0 bridgehead atoms. The molecule has 0 aromatic heterocycles. The van der Waals surface area contributed by atoms with Crippen LogP contribution in [0.3, 0.4) is 0 Å². The third-order valence-corrected chi connectivity index (χ3v) is 3.44. The SMILES string of the molecule is C=CN=C(C(=C)C)C1CCCC(=O)N1N(CC)CC. The first-order valence-electron chi connectivity index (χ1n) is 6.98. The summed E-state index contributed by atoms with van der Waals surface area (Å²) in [6.45, 7) is 15.3. The summed E-state index contributed by atoms with van der Waals surface area (Å²) >= 11 is 0. The lowest BCUT2D eigenvalue weighted by Crippen LogP contribution is -2.56. The number of rotatable bonds is 6. The van der Waals surface area contributed by atoms with Crippen molar-refractivity contribution in [3.63, 3.8) is 0 Å². The van der Waals surface area contributed by atoms with Crippen molar-refractivity contribution in [1.82, 2.24) is 10.0 Å². The smallest absolute Gasteiger partial charge is 0.237 e. The Bertz CT molecular complexity index is 383. The molecule has 0 radical (unpaired) electrons. The van der Waals surface area contributed by atoms with Gasteiger partial charge in [0.1, 0.15) is 0 Å². The van der Waals surface area contributed by atoms with E-state index in [-0.39, 0.29) is 11.9 Å². The molecule has 0 spiro atoms. The Kier molecular flexibility index (Phi) is 5.96. The topological polar surface area (TPSA) is 35.9 Å². The third-order valence-electron chi connectivity index (χ3n) is 3.44. The second-order valence-corrected chi connectivity index (χ2v) is 4.76. The van der Waals surface area contributed by atoms with Crippen LogP contribution in [0, 0.1) is 0 Å². The van der Waals surface area contributed by atoms with Gasteiger partial charge in [-0.05, 0) is 25.3 Å². The Balaban J connectivity index is 3.12. The van der Waals surface area contributed by atoms with Gasteiger partial charge in [-0.15, -0.1) is 0 Å². The Hall–Kier alpha value is -1.42. The zero-order chi connectivity index (χ0) is 14.4. The first kappa shape index (κ1) is 15.6. The van der Waals surface area contributed by atoms with E-state index in [9.17, 15) is 4.79 Å². The van der Waals surface area contributed by atoms with Crippen molar-refractivity contribution in [2.75, 3.05) is 13.1 Å². The fourth-order valence-electron chi connectivity index (χ4n) is 2.57. The van der Waals surface area contributed by atoms with E-state index < -0.39 is 0 Å². The highest BCUT2D eigenvalue weighted by Crippen LogP contribution is 2.23. The minimum atomic E-state index is -0.00310. The quantitative estimate of drug-likeness (QED) is 0.691. The molecule has 1 aliphatic heterocycles. The summed E-state index contributed by atoms with van der Waals surface area (Å²) < 4.78 is 0. The molecule has 1 unspecified atom stereocenters. The van der Waals surface area contributed by atoms with Gasteiger partial charge in [0.05, 0.1) is 11.8 Å². The maximum Gasteiger partial charge on any atom is 0.237 e. The van der Waals surface area contributed by atoms with Gasteiger partial charge in [-0.2, -0.15) is 0 Å².